The first-order valence-corrected chi connectivity index (χ1v) is 13.0. The predicted octanol–water partition coefficient (Wildman–Crippen LogP) is 4.49. The molecule has 0 radical (unpaired) electrons. The summed E-state index contributed by atoms with van der Waals surface area (Å²) in [7, 11) is 0. The van der Waals surface area contributed by atoms with E-state index in [2.05, 4.69) is 25.9 Å². The molecule has 1 amide bonds. The quantitative estimate of drug-likeness (QED) is 0.215. The third-order valence-corrected chi connectivity index (χ3v) is 7.38. The molecule has 0 aliphatic carbocycles. The van der Waals surface area contributed by atoms with Gasteiger partial charge < -0.3 is 10.2 Å². The summed E-state index contributed by atoms with van der Waals surface area (Å²) in [6.45, 7) is 5.31. The third-order valence-electron chi connectivity index (χ3n) is 6.23. The Balaban J connectivity index is 1.27. The van der Waals surface area contributed by atoms with Crippen LogP contribution in [0.5, 0.6) is 0 Å². The molecule has 0 saturated carbocycles. The highest BCUT2D eigenvalue weighted by molar-refractivity contribution is 7.80. The summed E-state index contributed by atoms with van der Waals surface area (Å²) < 4.78 is 1.70. The number of rotatable bonds is 5. The Kier molecular flexibility index (Phi) is 6.80. The number of nitrogens with zero attached hydrogens (tertiary/aromatic N) is 6. The molecule has 2 N–H and O–H groups in total. The Hall–Kier alpha value is -3.97. The van der Waals surface area contributed by atoms with Crippen LogP contribution in [0.15, 0.2) is 36.4 Å². The number of aromatic nitrogens is 4. The van der Waals surface area contributed by atoms with Crippen LogP contribution in [-0.2, 0) is 0 Å². The lowest BCUT2D eigenvalue weighted by Gasteiger charge is -2.28. The summed E-state index contributed by atoms with van der Waals surface area (Å²) in [5, 5.41) is 30.9. The van der Waals surface area contributed by atoms with E-state index in [1.54, 1.807) is 16.6 Å². The van der Waals surface area contributed by atoms with Crippen LogP contribution in [0.4, 0.5) is 17.1 Å². The second-order valence-electron chi connectivity index (χ2n) is 8.80. The van der Waals surface area contributed by atoms with Crippen LogP contribution in [0, 0.1) is 24.0 Å². The number of aryl methyl sites for hydroxylation is 2. The molecule has 2 aromatic heterocycles. The SMILES string of the molecule is Cc1cc(-c2nn3c(C)nnc3s2)ccc1NC(=S)NC(=O)c1ccc(N2CCCCC2)c([N+](=O)[O-])c1. The Labute approximate surface area is 221 Å². The van der Waals surface area contributed by atoms with Gasteiger partial charge in [0, 0.05) is 36.0 Å². The molecule has 13 heteroatoms. The molecule has 5 rings (SSSR count). The number of nitro benzene ring substituents is 1. The molecule has 1 fully saturated rings. The van der Waals surface area contributed by atoms with E-state index in [9.17, 15) is 14.9 Å². The zero-order valence-electron chi connectivity index (χ0n) is 20.2. The number of amides is 1. The average Bonchev–Trinajstić information content (AvgIpc) is 3.47. The number of nitrogens with one attached hydrogen (secondary N) is 2. The Bertz CT molecular complexity index is 1520. The van der Waals surface area contributed by atoms with Gasteiger partial charge in [-0.3, -0.25) is 20.2 Å². The summed E-state index contributed by atoms with van der Waals surface area (Å²) in [6.07, 6.45) is 3.11. The van der Waals surface area contributed by atoms with Gasteiger partial charge >= 0.3 is 0 Å². The molecule has 3 heterocycles. The van der Waals surface area contributed by atoms with Crippen molar-refractivity contribution in [1.29, 1.82) is 0 Å². The number of hydrogen-bond donors (Lipinski definition) is 2. The lowest BCUT2D eigenvalue weighted by atomic mass is 10.1. The van der Waals surface area contributed by atoms with Crippen molar-refractivity contribution in [2.45, 2.75) is 33.1 Å². The molecule has 190 valence electrons. The van der Waals surface area contributed by atoms with Crippen molar-refractivity contribution in [3.8, 4) is 10.6 Å². The van der Waals surface area contributed by atoms with Gasteiger partial charge in [-0.2, -0.15) is 9.61 Å². The number of thiocarbonyl (C=S) groups is 1. The van der Waals surface area contributed by atoms with Gasteiger partial charge in [-0.05, 0) is 81.2 Å². The van der Waals surface area contributed by atoms with Crippen molar-refractivity contribution in [1.82, 2.24) is 25.1 Å². The zero-order chi connectivity index (χ0) is 26.1. The highest BCUT2D eigenvalue weighted by Crippen LogP contribution is 2.32. The van der Waals surface area contributed by atoms with E-state index in [4.69, 9.17) is 12.2 Å². The number of benzene rings is 2. The van der Waals surface area contributed by atoms with Crippen LogP contribution < -0.4 is 15.5 Å². The summed E-state index contributed by atoms with van der Waals surface area (Å²) >= 11 is 6.79. The fraction of sp³-hybridized carbons (Fsp3) is 0.292. The van der Waals surface area contributed by atoms with Gasteiger partial charge in [-0.25, -0.2) is 0 Å². The molecule has 1 aliphatic heterocycles. The number of carbonyl (C=O) groups excluding carboxylic acids is 1. The summed E-state index contributed by atoms with van der Waals surface area (Å²) in [5.74, 6) is 0.204. The molecule has 2 aromatic carbocycles. The standard InChI is InChI=1S/C24H24N8O3S2/c1-14-12-17(22-29-31-15(2)27-28-24(31)37-22)6-8-18(14)25-23(36)26-21(33)16-7-9-19(20(13-16)32(34)35)30-10-4-3-5-11-30/h6-9,12-13H,3-5,10-11H2,1-2H3,(H2,25,26,33,36). The van der Waals surface area contributed by atoms with Gasteiger partial charge in [0.05, 0.1) is 4.92 Å². The number of carbonyl (C=O) groups is 1. The lowest BCUT2D eigenvalue weighted by molar-refractivity contribution is -0.384. The number of anilines is 2. The van der Waals surface area contributed by atoms with Crippen LogP contribution in [0.1, 0.15) is 41.0 Å². The molecule has 0 atom stereocenters. The van der Waals surface area contributed by atoms with E-state index >= 15 is 0 Å². The minimum absolute atomic E-state index is 0.0829. The van der Waals surface area contributed by atoms with Crippen molar-refractivity contribution in [3.05, 3.63) is 63.5 Å². The van der Waals surface area contributed by atoms with Crippen molar-refractivity contribution >= 4 is 56.6 Å². The largest absolute Gasteiger partial charge is 0.366 e. The second kappa shape index (κ2) is 10.2. The van der Waals surface area contributed by atoms with Gasteiger partial charge in [0.1, 0.15) is 10.7 Å². The van der Waals surface area contributed by atoms with Gasteiger partial charge in [-0.15, -0.1) is 10.2 Å². The number of piperidine rings is 1. The first-order chi connectivity index (χ1) is 17.8. The molecular formula is C24H24N8O3S2. The minimum Gasteiger partial charge on any atom is -0.366 e. The minimum atomic E-state index is -0.518. The zero-order valence-corrected chi connectivity index (χ0v) is 21.9. The maximum atomic E-state index is 12.8. The van der Waals surface area contributed by atoms with E-state index in [0.717, 1.165) is 65.0 Å². The smallest absolute Gasteiger partial charge is 0.293 e. The van der Waals surface area contributed by atoms with Crippen molar-refractivity contribution in [2.75, 3.05) is 23.3 Å². The topological polar surface area (TPSA) is 131 Å². The first kappa shape index (κ1) is 24.7. The summed E-state index contributed by atoms with van der Waals surface area (Å²) in [4.78, 5) is 26.8. The van der Waals surface area contributed by atoms with Crippen LogP contribution in [0.2, 0.25) is 0 Å². The average molecular weight is 537 g/mol. The molecule has 1 saturated heterocycles. The molecule has 0 spiro atoms. The molecule has 0 bridgehead atoms. The van der Waals surface area contributed by atoms with E-state index in [0.29, 0.717) is 5.69 Å². The van der Waals surface area contributed by atoms with E-state index in [-0.39, 0.29) is 16.4 Å². The van der Waals surface area contributed by atoms with E-state index in [1.807, 2.05) is 36.9 Å². The molecule has 0 unspecified atom stereocenters. The van der Waals surface area contributed by atoms with E-state index < -0.39 is 10.8 Å². The fourth-order valence-electron chi connectivity index (χ4n) is 4.31. The van der Waals surface area contributed by atoms with Crippen LogP contribution in [0.3, 0.4) is 0 Å². The highest BCUT2D eigenvalue weighted by Gasteiger charge is 2.23. The highest BCUT2D eigenvalue weighted by atomic mass is 32.1. The van der Waals surface area contributed by atoms with Gasteiger partial charge in [0.2, 0.25) is 4.96 Å². The molecule has 11 nitrogen and oxygen atoms in total. The summed E-state index contributed by atoms with van der Waals surface area (Å²) in [5.41, 5.74) is 3.17. The van der Waals surface area contributed by atoms with Crippen molar-refractivity contribution in [3.63, 3.8) is 0 Å². The second-order valence-corrected chi connectivity index (χ2v) is 10.2. The number of fused-ring (bicyclic) bond motifs is 1. The van der Waals surface area contributed by atoms with E-state index in [1.165, 1.54) is 17.4 Å². The van der Waals surface area contributed by atoms with Gasteiger partial charge in [0.15, 0.2) is 10.9 Å². The molecule has 37 heavy (non-hydrogen) atoms. The lowest BCUT2D eigenvalue weighted by Crippen LogP contribution is -2.34. The van der Waals surface area contributed by atoms with Crippen LogP contribution in [-0.4, -0.2) is 48.8 Å². The molecular weight excluding hydrogens is 512 g/mol. The molecule has 1 aliphatic rings. The van der Waals surface area contributed by atoms with Crippen LogP contribution in [0.25, 0.3) is 15.5 Å². The van der Waals surface area contributed by atoms with Gasteiger partial charge in [-0.1, -0.05) is 11.3 Å². The Morgan fingerprint density at radius 3 is 2.59 bits per heavy atom. The van der Waals surface area contributed by atoms with Crippen molar-refractivity contribution in [2.24, 2.45) is 0 Å². The van der Waals surface area contributed by atoms with Crippen molar-refractivity contribution < 1.29 is 9.72 Å². The Morgan fingerprint density at radius 2 is 1.89 bits per heavy atom. The first-order valence-electron chi connectivity index (χ1n) is 11.8. The molecule has 4 aromatic rings. The normalized spacial score (nSPS) is 13.5. The maximum Gasteiger partial charge on any atom is 0.293 e. The summed E-state index contributed by atoms with van der Waals surface area (Å²) in [6, 6.07) is 10.3. The maximum absolute atomic E-state index is 12.8. The predicted molar refractivity (Wildman–Crippen MR) is 146 cm³/mol. The fourth-order valence-corrected chi connectivity index (χ4v) is 5.39. The number of nitro groups is 1. The number of hydrogen-bond acceptors (Lipinski definition) is 9. The van der Waals surface area contributed by atoms with Crippen LogP contribution >= 0.6 is 23.6 Å². The van der Waals surface area contributed by atoms with Gasteiger partial charge in [0.25, 0.3) is 11.6 Å². The Morgan fingerprint density at radius 1 is 1.11 bits per heavy atom. The third kappa shape index (κ3) is 5.13. The monoisotopic (exact) mass is 536 g/mol.